The third-order valence-corrected chi connectivity index (χ3v) is 1.27. The van der Waals surface area contributed by atoms with Gasteiger partial charge in [-0.05, 0) is 6.92 Å². The van der Waals surface area contributed by atoms with Crippen molar-refractivity contribution in [3.05, 3.63) is 0 Å². The molecule has 0 aliphatic carbocycles. The number of ether oxygens (including phenoxy) is 3. The van der Waals surface area contributed by atoms with Gasteiger partial charge in [0, 0.05) is 14.2 Å². The number of rotatable bonds is 7. The molecule has 0 aromatic rings. The first-order valence-corrected chi connectivity index (χ1v) is 4.54. The number of hydrogen-bond acceptors (Lipinski definition) is 5. The Hall–Kier alpha value is -0.200. The lowest BCUT2D eigenvalue weighted by Gasteiger charge is -2.05. The molecule has 0 radical (unpaired) electrons. The van der Waals surface area contributed by atoms with Gasteiger partial charge in [0.15, 0.2) is 0 Å². The van der Waals surface area contributed by atoms with E-state index >= 15 is 0 Å². The van der Waals surface area contributed by atoms with Crippen LogP contribution in [-0.2, 0) is 14.2 Å². The van der Waals surface area contributed by atoms with Crippen LogP contribution < -0.4 is 0 Å². The maximum absolute atomic E-state index is 8.09. The molecule has 0 amide bonds. The van der Waals surface area contributed by atoms with Crippen LogP contribution in [0.4, 0.5) is 0 Å². The predicted molar refractivity (Wildman–Crippen MR) is 53.3 cm³/mol. The Morgan fingerprint density at radius 2 is 1.57 bits per heavy atom. The van der Waals surface area contributed by atoms with Crippen LogP contribution in [0.15, 0.2) is 0 Å². The molecule has 1 unspecified atom stereocenters. The van der Waals surface area contributed by atoms with Gasteiger partial charge in [0.05, 0.1) is 39.1 Å². The van der Waals surface area contributed by atoms with E-state index < -0.39 is 0 Å². The highest BCUT2D eigenvalue weighted by Crippen LogP contribution is 1.84. The summed E-state index contributed by atoms with van der Waals surface area (Å²) in [6.45, 7) is 3.33. The number of aliphatic hydroxyl groups excluding tert-OH is 2. The van der Waals surface area contributed by atoms with Gasteiger partial charge in [0.1, 0.15) is 0 Å². The molecule has 88 valence electrons. The molecule has 0 heterocycles. The summed E-state index contributed by atoms with van der Waals surface area (Å²) in [5.41, 5.74) is 0. The molecular formula is C9H22O5. The monoisotopic (exact) mass is 210 g/mol. The predicted octanol–water partition coefficient (Wildman–Crippen LogP) is -0.345. The zero-order valence-corrected chi connectivity index (χ0v) is 9.23. The van der Waals surface area contributed by atoms with Crippen LogP contribution in [0, 0.1) is 0 Å². The third-order valence-electron chi connectivity index (χ3n) is 1.27. The summed E-state index contributed by atoms with van der Waals surface area (Å²) in [4.78, 5) is 0. The molecular weight excluding hydrogens is 188 g/mol. The van der Waals surface area contributed by atoms with Gasteiger partial charge in [-0.15, -0.1) is 0 Å². The van der Waals surface area contributed by atoms with E-state index in [2.05, 4.69) is 4.74 Å². The fourth-order valence-corrected chi connectivity index (χ4v) is 0.534. The molecule has 0 aliphatic rings. The molecule has 2 N–H and O–H groups in total. The second kappa shape index (κ2) is 15.3. The van der Waals surface area contributed by atoms with Gasteiger partial charge < -0.3 is 24.4 Å². The second-order valence-electron chi connectivity index (χ2n) is 2.56. The normalized spacial score (nSPS) is 11.8. The minimum atomic E-state index is 0.0278. The molecule has 0 aromatic carbocycles. The lowest BCUT2D eigenvalue weighted by molar-refractivity contribution is 0.0401. The molecule has 0 rings (SSSR count). The maximum atomic E-state index is 8.09. The Morgan fingerprint density at radius 1 is 1.07 bits per heavy atom. The first-order valence-electron chi connectivity index (χ1n) is 4.54. The third kappa shape index (κ3) is 17.8. The Labute approximate surface area is 85.6 Å². The molecule has 0 aliphatic heterocycles. The van der Waals surface area contributed by atoms with E-state index in [1.54, 1.807) is 14.2 Å². The molecule has 5 heteroatoms. The summed E-state index contributed by atoms with van der Waals surface area (Å²) in [5.74, 6) is 0. The number of methoxy groups -OCH3 is 2. The SMILES string of the molecule is COCC(C)OC.OCCOCCO. The van der Waals surface area contributed by atoms with E-state index in [0.29, 0.717) is 19.8 Å². The molecule has 5 nitrogen and oxygen atoms in total. The Morgan fingerprint density at radius 3 is 1.79 bits per heavy atom. The highest BCUT2D eigenvalue weighted by atomic mass is 16.5. The lowest BCUT2D eigenvalue weighted by atomic mass is 10.4. The summed E-state index contributed by atoms with van der Waals surface area (Å²) in [6, 6.07) is 0. The van der Waals surface area contributed by atoms with E-state index in [1.807, 2.05) is 6.92 Å². The maximum Gasteiger partial charge on any atom is 0.0776 e. The van der Waals surface area contributed by atoms with Crippen LogP contribution in [0.1, 0.15) is 6.92 Å². The lowest BCUT2D eigenvalue weighted by Crippen LogP contribution is -2.11. The van der Waals surface area contributed by atoms with Gasteiger partial charge in [-0.25, -0.2) is 0 Å². The average molecular weight is 210 g/mol. The molecule has 1 atom stereocenters. The van der Waals surface area contributed by atoms with Crippen molar-refractivity contribution < 1.29 is 24.4 Å². The fourth-order valence-electron chi connectivity index (χ4n) is 0.534. The van der Waals surface area contributed by atoms with Gasteiger partial charge in [-0.2, -0.15) is 0 Å². The largest absolute Gasteiger partial charge is 0.394 e. The van der Waals surface area contributed by atoms with E-state index in [9.17, 15) is 0 Å². The average Bonchev–Trinajstić information content (AvgIpc) is 2.20. The van der Waals surface area contributed by atoms with Crippen LogP contribution in [0.2, 0.25) is 0 Å². The smallest absolute Gasteiger partial charge is 0.0776 e. The van der Waals surface area contributed by atoms with Crippen molar-refractivity contribution in [3.63, 3.8) is 0 Å². The number of aliphatic hydroxyl groups is 2. The molecule has 0 aromatic heterocycles. The van der Waals surface area contributed by atoms with E-state index in [1.165, 1.54) is 0 Å². The van der Waals surface area contributed by atoms with Gasteiger partial charge in [0.2, 0.25) is 0 Å². The molecule has 0 saturated heterocycles. The van der Waals surface area contributed by atoms with Crippen LogP contribution >= 0.6 is 0 Å². The fraction of sp³-hybridized carbons (Fsp3) is 1.00. The summed E-state index contributed by atoms with van der Waals surface area (Å²) < 4.78 is 14.3. The van der Waals surface area contributed by atoms with Crippen molar-refractivity contribution >= 4 is 0 Å². The van der Waals surface area contributed by atoms with Crippen molar-refractivity contribution in [2.75, 3.05) is 47.3 Å². The van der Waals surface area contributed by atoms with Crippen molar-refractivity contribution in [2.45, 2.75) is 13.0 Å². The van der Waals surface area contributed by atoms with Gasteiger partial charge in [-0.3, -0.25) is 0 Å². The van der Waals surface area contributed by atoms with Crippen molar-refractivity contribution in [1.29, 1.82) is 0 Å². The summed E-state index contributed by atoms with van der Waals surface area (Å²) in [7, 11) is 3.33. The zero-order valence-electron chi connectivity index (χ0n) is 9.23. The van der Waals surface area contributed by atoms with Gasteiger partial charge in [-0.1, -0.05) is 0 Å². The quantitative estimate of drug-likeness (QED) is 0.562. The Bertz CT molecular complexity index is 85.3. The highest BCUT2D eigenvalue weighted by molar-refractivity contribution is 4.41. The summed E-state index contributed by atoms with van der Waals surface area (Å²) in [6.07, 6.45) is 0.227. The minimum absolute atomic E-state index is 0.0278. The standard InChI is InChI=1S/C5H12O2.C4H10O3/c1-5(7-3)4-6-2;5-1-3-7-4-2-6/h5H,4H2,1-3H3;5-6H,1-4H2. The minimum Gasteiger partial charge on any atom is -0.394 e. The molecule has 0 fully saturated rings. The Balaban J connectivity index is 0. The molecule has 0 saturated carbocycles. The summed E-state index contributed by atoms with van der Waals surface area (Å²) >= 11 is 0. The van der Waals surface area contributed by atoms with E-state index in [4.69, 9.17) is 19.7 Å². The van der Waals surface area contributed by atoms with Crippen LogP contribution in [-0.4, -0.2) is 63.6 Å². The second-order valence-corrected chi connectivity index (χ2v) is 2.56. The molecule has 14 heavy (non-hydrogen) atoms. The van der Waals surface area contributed by atoms with Crippen molar-refractivity contribution in [2.24, 2.45) is 0 Å². The first-order chi connectivity index (χ1) is 6.72. The van der Waals surface area contributed by atoms with Crippen LogP contribution in [0.25, 0.3) is 0 Å². The Kier molecular flexibility index (Phi) is 17.7. The van der Waals surface area contributed by atoms with Crippen molar-refractivity contribution in [1.82, 2.24) is 0 Å². The van der Waals surface area contributed by atoms with Gasteiger partial charge in [0.25, 0.3) is 0 Å². The van der Waals surface area contributed by atoms with Crippen LogP contribution in [0.3, 0.4) is 0 Å². The molecule has 0 spiro atoms. The van der Waals surface area contributed by atoms with E-state index in [0.717, 1.165) is 0 Å². The molecule has 0 bridgehead atoms. The zero-order chi connectivity index (χ0) is 11.2. The highest BCUT2D eigenvalue weighted by Gasteiger charge is 1.93. The topological polar surface area (TPSA) is 68.2 Å². The van der Waals surface area contributed by atoms with Crippen LogP contribution in [0.5, 0.6) is 0 Å². The first kappa shape index (κ1) is 16.2. The van der Waals surface area contributed by atoms with E-state index in [-0.39, 0.29) is 19.3 Å². The van der Waals surface area contributed by atoms with Crippen molar-refractivity contribution in [3.8, 4) is 0 Å². The number of hydrogen-bond donors (Lipinski definition) is 2. The van der Waals surface area contributed by atoms with Gasteiger partial charge >= 0.3 is 0 Å². The summed E-state index contributed by atoms with van der Waals surface area (Å²) in [5, 5.41) is 16.2.